The van der Waals surface area contributed by atoms with Gasteiger partial charge in [0.05, 0.1) is 15.5 Å². The lowest BCUT2D eigenvalue weighted by molar-refractivity contribution is -0.113. The van der Waals surface area contributed by atoms with Gasteiger partial charge in [-0.25, -0.2) is 22.0 Å². The van der Waals surface area contributed by atoms with Crippen LogP contribution in [0.25, 0.3) is 5.69 Å². The summed E-state index contributed by atoms with van der Waals surface area (Å²) in [7, 11) is -7.53. The van der Waals surface area contributed by atoms with Gasteiger partial charge in [0.25, 0.3) is 0 Å². The van der Waals surface area contributed by atoms with E-state index in [1.807, 2.05) is 13.0 Å². The maximum atomic E-state index is 13.1. The van der Waals surface area contributed by atoms with Crippen LogP contribution in [-0.2, 0) is 30.4 Å². The number of aryl methyl sites for hydroxylation is 1. The third-order valence-corrected chi connectivity index (χ3v) is 8.70. The number of carbonyl (C=O) groups is 1. The third-order valence-electron chi connectivity index (χ3n) is 5.21. The molecule has 192 valence electrons. The van der Waals surface area contributed by atoms with Crippen molar-refractivity contribution < 1.29 is 21.6 Å². The monoisotopic (exact) mass is 557 g/mol. The SMILES string of the molecule is Cc1ccc(S(=O)(=O)Cc2nnc(SCC(=O)Nc3ccc(S(N)(=O)=O)cc3)n2-c2ccccc2)cc1. The van der Waals surface area contributed by atoms with Gasteiger partial charge in [-0.2, -0.15) is 0 Å². The van der Waals surface area contributed by atoms with Crippen molar-refractivity contribution in [3.05, 3.63) is 90.3 Å². The predicted octanol–water partition coefficient (Wildman–Crippen LogP) is 2.93. The van der Waals surface area contributed by atoms with Crippen molar-refractivity contribution in [3.63, 3.8) is 0 Å². The van der Waals surface area contributed by atoms with Gasteiger partial charge in [0.1, 0.15) is 5.75 Å². The van der Waals surface area contributed by atoms with Gasteiger partial charge in [-0.05, 0) is 55.5 Å². The first-order valence-electron chi connectivity index (χ1n) is 10.9. The third kappa shape index (κ3) is 6.63. The van der Waals surface area contributed by atoms with Gasteiger partial charge in [-0.15, -0.1) is 10.2 Å². The average molecular weight is 558 g/mol. The zero-order chi connectivity index (χ0) is 26.6. The topological polar surface area (TPSA) is 154 Å². The van der Waals surface area contributed by atoms with Crippen molar-refractivity contribution in [2.24, 2.45) is 5.14 Å². The summed E-state index contributed by atoms with van der Waals surface area (Å²) >= 11 is 1.09. The summed E-state index contributed by atoms with van der Waals surface area (Å²) in [5.41, 5.74) is 2.00. The number of hydrogen-bond donors (Lipinski definition) is 2. The Labute approximate surface area is 218 Å². The van der Waals surface area contributed by atoms with E-state index in [-0.39, 0.29) is 33.0 Å². The minimum absolute atomic E-state index is 0.0490. The fourth-order valence-corrected chi connectivity index (χ4v) is 5.91. The summed E-state index contributed by atoms with van der Waals surface area (Å²) in [5.74, 6) is -0.577. The minimum Gasteiger partial charge on any atom is -0.325 e. The van der Waals surface area contributed by atoms with Crippen molar-refractivity contribution in [1.82, 2.24) is 14.8 Å². The van der Waals surface area contributed by atoms with E-state index >= 15 is 0 Å². The standard InChI is InChI=1S/C24H23N5O5S3/c1-17-7-11-20(12-8-17)36(31,32)16-22-27-28-24(29(22)19-5-3-2-4-6-19)35-15-23(30)26-18-9-13-21(14-10-18)37(25,33)34/h2-14H,15-16H2,1H3,(H,26,30)(H2,25,33,34). The second-order valence-electron chi connectivity index (χ2n) is 8.05. The molecule has 4 aromatic rings. The molecule has 0 aliphatic heterocycles. The van der Waals surface area contributed by atoms with Crippen molar-refractivity contribution in [2.45, 2.75) is 27.6 Å². The molecule has 3 N–H and O–H groups in total. The second kappa shape index (κ2) is 10.8. The Morgan fingerprint density at radius 2 is 1.51 bits per heavy atom. The summed E-state index contributed by atoms with van der Waals surface area (Å²) in [5, 5.41) is 16.4. The molecule has 0 spiro atoms. The van der Waals surface area contributed by atoms with Gasteiger partial charge < -0.3 is 5.32 Å². The summed E-state index contributed by atoms with van der Waals surface area (Å²) in [4.78, 5) is 12.7. The molecule has 1 heterocycles. The van der Waals surface area contributed by atoms with Crippen LogP contribution in [0.2, 0.25) is 0 Å². The highest BCUT2D eigenvalue weighted by Crippen LogP contribution is 2.25. The number of anilines is 1. The van der Waals surface area contributed by atoms with Gasteiger partial charge in [0.15, 0.2) is 20.8 Å². The molecule has 0 aliphatic rings. The van der Waals surface area contributed by atoms with Crippen LogP contribution in [0.4, 0.5) is 5.69 Å². The summed E-state index contributed by atoms with van der Waals surface area (Å²) < 4.78 is 50.5. The van der Waals surface area contributed by atoms with Crippen LogP contribution in [0.3, 0.4) is 0 Å². The maximum absolute atomic E-state index is 13.1. The van der Waals surface area contributed by atoms with Crippen LogP contribution in [-0.4, -0.2) is 43.3 Å². The number of primary sulfonamides is 1. The molecule has 0 bridgehead atoms. The summed E-state index contributed by atoms with van der Waals surface area (Å²) in [6.07, 6.45) is 0. The molecule has 0 unspecified atom stereocenters. The van der Waals surface area contributed by atoms with Crippen molar-refractivity contribution in [3.8, 4) is 5.69 Å². The molecule has 0 saturated carbocycles. The predicted molar refractivity (Wildman–Crippen MR) is 141 cm³/mol. The zero-order valence-electron chi connectivity index (χ0n) is 19.6. The molecule has 13 heteroatoms. The number of benzene rings is 3. The number of nitrogens with zero attached hydrogens (tertiary/aromatic N) is 3. The quantitative estimate of drug-likeness (QED) is 0.298. The molecular weight excluding hydrogens is 534 g/mol. The van der Waals surface area contributed by atoms with Crippen LogP contribution in [0.1, 0.15) is 11.4 Å². The fourth-order valence-electron chi connectivity index (χ4n) is 3.38. The van der Waals surface area contributed by atoms with Crippen LogP contribution < -0.4 is 10.5 Å². The first kappa shape index (κ1) is 26.5. The van der Waals surface area contributed by atoms with Gasteiger partial charge >= 0.3 is 0 Å². The van der Waals surface area contributed by atoms with Crippen molar-refractivity contribution in [1.29, 1.82) is 0 Å². The number of para-hydroxylation sites is 1. The van der Waals surface area contributed by atoms with Gasteiger partial charge in [-0.1, -0.05) is 47.7 Å². The van der Waals surface area contributed by atoms with Crippen LogP contribution in [0.15, 0.2) is 93.8 Å². The Balaban J connectivity index is 1.53. The minimum atomic E-state index is -3.83. The van der Waals surface area contributed by atoms with E-state index in [0.29, 0.717) is 16.5 Å². The van der Waals surface area contributed by atoms with Gasteiger partial charge in [0, 0.05) is 11.4 Å². The Morgan fingerprint density at radius 3 is 2.14 bits per heavy atom. The number of nitrogens with two attached hydrogens (primary N) is 1. The van der Waals surface area contributed by atoms with Crippen molar-refractivity contribution in [2.75, 3.05) is 11.1 Å². The fraction of sp³-hybridized carbons (Fsp3) is 0.125. The normalized spacial score (nSPS) is 11.8. The Kier molecular flexibility index (Phi) is 7.78. The highest BCUT2D eigenvalue weighted by molar-refractivity contribution is 7.99. The molecule has 10 nitrogen and oxygen atoms in total. The number of hydrogen-bond acceptors (Lipinski definition) is 8. The van der Waals surface area contributed by atoms with E-state index in [0.717, 1.165) is 17.3 Å². The average Bonchev–Trinajstić information content (AvgIpc) is 3.25. The van der Waals surface area contributed by atoms with Crippen LogP contribution in [0, 0.1) is 6.92 Å². The first-order valence-corrected chi connectivity index (χ1v) is 15.1. The van der Waals surface area contributed by atoms with Gasteiger partial charge in [-0.3, -0.25) is 9.36 Å². The van der Waals surface area contributed by atoms with E-state index in [1.54, 1.807) is 53.1 Å². The number of sulfone groups is 1. The van der Waals surface area contributed by atoms with Crippen LogP contribution in [0.5, 0.6) is 0 Å². The summed E-state index contributed by atoms with van der Waals surface area (Å²) in [6.45, 7) is 1.88. The molecule has 0 saturated heterocycles. The lowest BCUT2D eigenvalue weighted by Gasteiger charge is -2.11. The van der Waals surface area contributed by atoms with E-state index < -0.39 is 19.9 Å². The molecule has 0 atom stereocenters. The molecule has 0 radical (unpaired) electrons. The highest BCUT2D eigenvalue weighted by Gasteiger charge is 2.23. The number of sulfonamides is 1. The number of thioether (sulfide) groups is 1. The smallest absolute Gasteiger partial charge is 0.238 e. The molecule has 1 amide bonds. The Morgan fingerprint density at radius 1 is 0.892 bits per heavy atom. The number of aromatic nitrogens is 3. The van der Waals surface area contributed by atoms with E-state index in [2.05, 4.69) is 15.5 Å². The summed E-state index contributed by atoms with van der Waals surface area (Å²) in [6, 6.07) is 21.1. The van der Waals surface area contributed by atoms with E-state index in [4.69, 9.17) is 5.14 Å². The number of amides is 1. The Bertz CT molecular complexity index is 1620. The maximum Gasteiger partial charge on any atom is 0.238 e. The van der Waals surface area contributed by atoms with E-state index in [9.17, 15) is 21.6 Å². The molecule has 0 aliphatic carbocycles. The molecule has 37 heavy (non-hydrogen) atoms. The zero-order valence-corrected chi connectivity index (χ0v) is 22.1. The number of rotatable bonds is 9. The molecule has 3 aromatic carbocycles. The second-order valence-corrected chi connectivity index (χ2v) is 12.5. The first-order chi connectivity index (χ1) is 17.5. The number of carbonyl (C=O) groups excluding carboxylic acids is 1. The molecule has 0 fully saturated rings. The Hall–Kier alpha value is -3.52. The van der Waals surface area contributed by atoms with Crippen LogP contribution >= 0.6 is 11.8 Å². The van der Waals surface area contributed by atoms with Gasteiger partial charge in [0.2, 0.25) is 15.9 Å². The molecular formula is C24H23N5O5S3. The highest BCUT2D eigenvalue weighted by atomic mass is 32.2. The largest absolute Gasteiger partial charge is 0.325 e. The molecule has 4 rings (SSSR count). The lowest BCUT2D eigenvalue weighted by Crippen LogP contribution is -2.16. The number of nitrogens with one attached hydrogen (secondary N) is 1. The lowest BCUT2D eigenvalue weighted by atomic mass is 10.2. The van der Waals surface area contributed by atoms with Crippen molar-refractivity contribution >= 4 is 43.2 Å². The molecule has 1 aromatic heterocycles. The van der Waals surface area contributed by atoms with E-state index in [1.165, 1.54) is 24.3 Å².